The molecule has 0 radical (unpaired) electrons. The van der Waals surface area contributed by atoms with E-state index in [0.29, 0.717) is 6.04 Å². The summed E-state index contributed by atoms with van der Waals surface area (Å²) in [5, 5.41) is 7.72. The van der Waals surface area contributed by atoms with Crippen LogP contribution in [0.4, 0.5) is 5.69 Å². The van der Waals surface area contributed by atoms with Crippen LogP contribution in [0.1, 0.15) is 30.0 Å². The van der Waals surface area contributed by atoms with Gasteiger partial charge in [-0.15, -0.1) is 0 Å². The summed E-state index contributed by atoms with van der Waals surface area (Å²) in [4.78, 5) is 2.48. The van der Waals surface area contributed by atoms with E-state index < -0.39 is 0 Å². The first kappa shape index (κ1) is 13.2. The lowest BCUT2D eigenvalue weighted by Crippen LogP contribution is -2.23. The lowest BCUT2D eigenvalue weighted by Gasteiger charge is -2.25. The highest BCUT2D eigenvalue weighted by molar-refractivity contribution is 5.56. The van der Waals surface area contributed by atoms with E-state index in [1.54, 1.807) is 0 Å². The Morgan fingerprint density at radius 2 is 2.20 bits per heavy atom. The van der Waals surface area contributed by atoms with Crippen LogP contribution in [-0.4, -0.2) is 23.4 Å². The van der Waals surface area contributed by atoms with E-state index in [-0.39, 0.29) is 0 Å². The second kappa shape index (κ2) is 5.67. The Hall–Kier alpha value is -1.81. The van der Waals surface area contributed by atoms with Crippen molar-refractivity contribution >= 4 is 5.69 Å². The zero-order chi connectivity index (χ0) is 13.9. The van der Waals surface area contributed by atoms with Crippen molar-refractivity contribution in [2.75, 3.05) is 18.5 Å². The molecular formula is C16H22N4. The molecule has 4 heteroatoms. The van der Waals surface area contributed by atoms with Crippen molar-refractivity contribution in [3.63, 3.8) is 0 Å². The maximum atomic E-state index is 4.27. The minimum atomic E-state index is 0.463. The molecule has 2 heterocycles. The SMILES string of the molecule is CNC1CCCN(Cc2cnn(C)c2)c2ccccc21. The molecule has 1 N–H and O–H groups in total. The number of hydrogen-bond acceptors (Lipinski definition) is 3. The van der Waals surface area contributed by atoms with Crippen LogP contribution < -0.4 is 10.2 Å². The van der Waals surface area contributed by atoms with E-state index >= 15 is 0 Å². The topological polar surface area (TPSA) is 33.1 Å². The predicted octanol–water partition coefficient (Wildman–Crippen LogP) is 2.48. The lowest BCUT2D eigenvalue weighted by molar-refractivity contribution is 0.541. The van der Waals surface area contributed by atoms with Crippen LogP contribution >= 0.6 is 0 Å². The van der Waals surface area contributed by atoms with Gasteiger partial charge in [-0.25, -0.2) is 0 Å². The number of aryl methyl sites for hydroxylation is 1. The Morgan fingerprint density at radius 1 is 1.35 bits per heavy atom. The molecule has 1 aliphatic rings. The minimum absolute atomic E-state index is 0.463. The van der Waals surface area contributed by atoms with Crippen LogP contribution in [0.3, 0.4) is 0 Å². The van der Waals surface area contributed by atoms with Gasteiger partial charge in [0.15, 0.2) is 0 Å². The average molecular weight is 270 g/mol. The van der Waals surface area contributed by atoms with Gasteiger partial charge in [0, 0.05) is 43.6 Å². The van der Waals surface area contributed by atoms with Crippen molar-refractivity contribution in [3.05, 3.63) is 47.8 Å². The van der Waals surface area contributed by atoms with Gasteiger partial charge in [-0.05, 0) is 31.5 Å². The summed E-state index contributed by atoms with van der Waals surface area (Å²) in [7, 11) is 4.02. The summed E-state index contributed by atoms with van der Waals surface area (Å²) in [5.41, 5.74) is 4.04. The first-order chi connectivity index (χ1) is 9.78. The third-order valence-electron chi connectivity index (χ3n) is 4.05. The molecule has 1 aliphatic heterocycles. The van der Waals surface area contributed by atoms with Crippen LogP contribution in [0.2, 0.25) is 0 Å². The maximum Gasteiger partial charge on any atom is 0.0539 e. The number of nitrogens with one attached hydrogen (secondary N) is 1. The molecule has 0 saturated heterocycles. The van der Waals surface area contributed by atoms with Crippen LogP contribution in [-0.2, 0) is 13.6 Å². The molecule has 2 aromatic rings. The summed E-state index contributed by atoms with van der Waals surface area (Å²) < 4.78 is 1.87. The molecular weight excluding hydrogens is 248 g/mol. The standard InChI is InChI=1S/C16H22N4/c1-17-15-7-5-9-20(12-13-10-18-19(2)11-13)16-8-4-3-6-14(15)16/h3-4,6,8,10-11,15,17H,5,7,9,12H2,1-2H3. The molecule has 1 aromatic heterocycles. The minimum Gasteiger partial charge on any atom is -0.367 e. The largest absolute Gasteiger partial charge is 0.367 e. The highest BCUT2D eigenvalue weighted by Gasteiger charge is 2.21. The molecule has 1 unspecified atom stereocenters. The van der Waals surface area contributed by atoms with Crippen LogP contribution in [0.5, 0.6) is 0 Å². The van der Waals surface area contributed by atoms with Crippen molar-refractivity contribution in [2.24, 2.45) is 7.05 Å². The number of nitrogens with zero attached hydrogens (tertiary/aromatic N) is 3. The van der Waals surface area contributed by atoms with Gasteiger partial charge in [-0.1, -0.05) is 18.2 Å². The molecule has 0 fully saturated rings. The van der Waals surface area contributed by atoms with E-state index in [1.807, 2.05) is 17.9 Å². The molecule has 1 atom stereocenters. The fourth-order valence-electron chi connectivity index (χ4n) is 3.07. The van der Waals surface area contributed by atoms with Crippen molar-refractivity contribution in [3.8, 4) is 0 Å². The molecule has 0 bridgehead atoms. The first-order valence-electron chi connectivity index (χ1n) is 7.26. The predicted molar refractivity (Wildman–Crippen MR) is 81.7 cm³/mol. The fraction of sp³-hybridized carbons (Fsp3) is 0.438. The van der Waals surface area contributed by atoms with Gasteiger partial charge in [0.1, 0.15) is 0 Å². The highest BCUT2D eigenvalue weighted by Crippen LogP contribution is 2.33. The monoisotopic (exact) mass is 270 g/mol. The molecule has 3 rings (SSSR count). The van der Waals surface area contributed by atoms with Crippen molar-refractivity contribution in [2.45, 2.75) is 25.4 Å². The zero-order valence-electron chi connectivity index (χ0n) is 12.2. The number of anilines is 1. The number of fused-ring (bicyclic) bond motifs is 1. The molecule has 0 spiro atoms. The summed E-state index contributed by atoms with van der Waals surface area (Å²) >= 11 is 0. The molecule has 0 saturated carbocycles. The number of benzene rings is 1. The van der Waals surface area contributed by atoms with Crippen molar-refractivity contribution < 1.29 is 0 Å². The third-order valence-corrected chi connectivity index (χ3v) is 4.05. The van der Waals surface area contributed by atoms with E-state index in [1.165, 1.54) is 29.7 Å². The highest BCUT2D eigenvalue weighted by atomic mass is 15.2. The maximum absolute atomic E-state index is 4.27. The Morgan fingerprint density at radius 3 is 2.95 bits per heavy atom. The molecule has 4 nitrogen and oxygen atoms in total. The summed E-state index contributed by atoms with van der Waals surface area (Å²) in [6.07, 6.45) is 6.46. The molecule has 1 aromatic carbocycles. The summed E-state index contributed by atoms with van der Waals surface area (Å²) in [5.74, 6) is 0. The smallest absolute Gasteiger partial charge is 0.0539 e. The molecule has 0 amide bonds. The van der Waals surface area contributed by atoms with Gasteiger partial charge in [0.2, 0.25) is 0 Å². The summed E-state index contributed by atoms with van der Waals surface area (Å²) in [6, 6.07) is 9.22. The third kappa shape index (κ3) is 2.56. The Kier molecular flexibility index (Phi) is 3.74. The zero-order valence-corrected chi connectivity index (χ0v) is 12.2. The normalized spacial score (nSPS) is 18.7. The summed E-state index contributed by atoms with van der Waals surface area (Å²) in [6.45, 7) is 2.03. The van der Waals surface area contributed by atoms with Gasteiger partial charge in [0.25, 0.3) is 0 Å². The average Bonchev–Trinajstić information content (AvgIpc) is 2.79. The Balaban J connectivity index is 1.91. The van der Waals surface area contributed by atoms with E-state index in [4.69, 9.17) is 0 Å². The Labute approximate surface area is 120 Å². The van der Waals surface area contributed by atoms with Crippen molar-refractivity contribution in [1.29, 1.82) is 0 Å². The van der Waals surface area contributed by atoms with Crippen LogP contribution in [0.25, 0.3) is 0 Å². The van der Waals surface area contributed by atoms with Crippen LogP contribution in [0.15, 0.2) is 36.7 Å². The fourth-order valence-corrected chi connectivity index (χ4v) is 3.07. The quantitative estimate of drug-likeness (QED) is 0.930. The van der Waals surface area contributed by atoms with Gasteiger partial charge in [-0.3, -0.25) is 4.68 Å². The number of para-hydroxylation sites is 1. The van der Waals surface area contributed by atoms with Gasteiger partial charge in [0.05, 0.1) is 6.20 Å². The van der Waals surface area contributed by atoms with Crippen molar-refractivity contribution in [1.82, 2.24) is 15.1 Å². The first-order valence-corrected chi connectivity index (χ1v) is 7.26. The Bertz CT molecular complexity index is 575. The van der Waals surface area contributed by atoms with Gasteiger partial charge >= 0.3 is 0 Å². The number of aromatic nitrogens is 2. The molecule has 20 heavy (non-hydrogen) atoms. The van der Waals surface area contributed by atoms with Gasteiger partial charge in [-0.2, -0.15) is 5.10 Å². The van der Waals surface area contributed by atoms with E-state index in [0.717, 1.165) is 13.1 Å². The number of rotatable bonds is 3. The molecule has 0 aliphatic carbocycles. The van der Waals surface area contributed by atoms with Crippen LogP contribution in [0, 0.1) is 0 Å². The molecule has 106 valence electrons. The van der Waals surface area contributed by atoms with Gasteiger partial charge < -0.3 is 10.2 Å². The lowest BCUT2D eigenvalue weighted by atomic mass is 10.0. The van der Waals surface area contributed by atoms with E-state index in [9.17, 15) is 0 Å². The van der Waals surface area contributed by atoms with E-state index in [2.05, 4.69) is 52.8 Å². The number of hydrogen-bond donors (Lipinski definition) is 1. The second-order valence-corrected chi connectivity index (χ2v) is 5.49. The second-order valence-electron chi connectivity index (χ2n) is 5.49.